The van der Waals surface area contributed by atoms with Crippen molar-refractivity contribution in [1.82, 2.24) is 0 Å². The maximum atomic E-state index is 13.1. The highest BCUT2D eigenvalue weighted by atomic mass is 19.1. The summed E-state index contributed by atoms with van der Waals surface area (Å²) in [5, 5.41) is 8.72. The van der Waals surface area contributed by atoms with Gasteiger partial charge in [0, 0.05) is 0 Å². The van der Waals surface area contributed by atoms with Crippen LogP contribution in [0.5, 0.6) is 0 Å². The number of aliphatic carboxylic acids is 1. The van der Waals surface area contributed by atoms with Gasteiger partial charge in [0.05, 0.1) is 5.92 Å². The number of aryl methyl sites for hydroxylation is 1. The fourth-order valence-corrected chi connectivity index (χ4v) is 1.68. The Morgan fingerprint density at radius 1 is 1.57 bits per heavy atom. The largest absolute Gasteiger partial charge is 0.481 e. The highest BCUT2D eigenvalue weighted by Gasteiger charge is 2.44. The van der Waals surface area contributed by atoms with Crippen LogP contribution >= 0.6 is 0 Å². The topological polar surface area (TPSA) is 37.3 Å². The first-order chi connectivity index (χ1) is 6.59. The van der Waals surface area contributed by atoms with Crippen molar-refractivity contribution in [3.8, 4) is 0 Å². The predicted octanol–water partition coefficient (Wildman–Crippen LogP) is 2.32. The molecule has 1 aromatic carbocycles. The number of carboxylic acid groups (broad SMARTS) is 1. The van der Waals surface area contributed by atoms with Gasteiger partial charge in [-0.05, 0) is 36.5 Å². The average Bonchev–Trinajstić information content (AvgIpc) is 2.89. The van der Waals surface area contributed by atoms with Crippen LogP contribution in [-0.2, 0) is 4.79 Å². The molecule has 14 heavy (non-hydrogen) atoms. The molecule has 0 saturated heterocycles. The van der Waals surface area contributed by atoms with E-state index in [2.05, 4.69) is 0 Å². The Balaban J connectivity index is 2.20. The van der Waals surface area contributed by atoms with Gasteiger partial charge in [-0.2, -0.15) is 0 Å². The van der Waals surface area contributed by atoms with E-state index in [1.54, 1.807) is 13.0 Å². The minimum absolute atomic E-state index is 0.0163. The first kappa shape index (κ1) is 9.19. The fourth-order valence-electron chi connectivity index (χ4n) is 1.68. The molecule has 0 radical (unpaired) electrons. The van der Waals surface area contributed by atoms with Crippen molar-refractivity contribution in [2.75, 3.05) is 0 Å². The second-order valence-electron chi connectivity index (χ2n) is 3.80. The second kappa shape index (κ2) is 3.08. The van der Waals surface area contributed by atoms with Crippen LogP contribution in [0.4, 0.5) is 4.39 Å². The van der Waals surface area contributed by atoms with E-state index in [4.69, 9.17) is 5.11 Å². The van der Waals surface area contributed by atoms with Crippen LogP contribution in [0.2, 0.25) is 0 Å². The molecule has 2 atom stereocenters. The molecule has 1 fully saturated rings. The Hall–Kier alpha value is -1.38. The number of rotatable bonds is 2. The molecule has 0 aromatic heterocycles. The lowest BCUT2D eigenvalue weighted by atomic mass is 10.1. The standard InChI is InChI=1S/C11H11FO2/c1-6-2-3-7(4-10(6)12)8-5-9(8)11(13)14/h2-4,8-9H,5H2,1H3,(H,13,14)/t8-,9+/m1/s1. The average molecular weight is 194 g/mol. The lowest BCUT2D eigenvalue weighted by Gasteiger charge is -2.00. The number of halogens is 1. The van der Waals surface area contributed by atoms with Crippen molar-refractivity contribution in [2.24, 2.45) is 5.92 Å². The minimum Gasteiger partial charge on any atom is -0.481 e. The molecule has 0 unspecified atom stereocenters. The van der Waals surface area contributed by atoms with Crippen LogP contribution < -0.4 is 0 Å². The second-order valence-corrected chi connectivity index (χ2v) is 3.80. The Kier molecular flexibility index (Phi) is 2.02. The van der Waals surface area contributed by atoms with Crippen molar-refractivity contribution in [3.63, 3.8) is 0 Å². The van der Waals surface area contributed by atoms with Crippen molar-refractivity contribution in [3.05, 3.63) is 35.1 Å². The first-order valence-corrected chi connectivity index (χ1v) is 4.58. The van der Waals surface area contributed by atoms with E-state index >= 15 is 0 Å². The highest BCUT2D eigenvalue weighted by molar-refractivity contribution is 5.75. The Labute approximate surface area is 81.4 Å². The van der Waals surface area contributed by atoms with Gasteiger partial charge in [-0.1, -0.05) is 12.1 Å². The molecular weight excluding hydrogens is 183 g/mol. The van der Waals surface area contributed by atoms with Crippen LogP contribution in [0, 0.1) is 18.7 Å². The van der Waals surface area contributed by atoms with Crippen molar-refractivity contribution >= 4 is 5.97 Å². The lowest BCUT2D eigenvalue weighted by Crippen LogP contribution is -1.99. The van der Waals surface area contributed by atoms with Crippen molar-refractivity contribution < 1.29 is 14.3 Å². The zero-order chi connectivity index (χ0) is 10.3. The molecular formula is C11H11FO2. The monoisotopic (exact) mass is 194 g/mol. The van der Waals surface area contributed by atoms with E-state index in [-0.39, 0.29) is 17.7 Å². The molecule has 0 bridgehead atoms. The minimum atomic E-state index is -0.781. The summed E-state index contributed by atoms with van der Waals surface area (Å²) in [5.74, 6) is -1.32. The van der Waals surface area contributed by atoms with Gasteiger partial charge in [0.15, 0.2) is 0 Å². The third kappa shape index (κ3) is 1.50. The van der Waals surface area contributed by atoms with E-state index < -0.39 is 5.97 Å². The summed E-state index contributed by atoms with van der Waals surface area (Å²) in [7, 11) is 0. The molecule has 1 aliphatic rings. The summed E-state index contributed by atoms with van der Waals surface area (Å²) in [6, 6.07) is 4.96. The van der Waals surface area contributed by atoms with Crippen LogP contribution in [0.3, 0.4) is 0 Å². The number of hydrogen-bond donors (Lipinski definition) is 1. The van der Waals surface area contributed by atoms with Gasteiger partial charge in [-0.25, -0.2) is 4.39 Å². The molecule has 2 nitrogen and oxygen atoms in total. The van der Waals surface area contributed by atoms with E-state index in [9.17, 15) is 9.18 Å². The third-order valence-electron chi connectivity index (χ3n) is 2.73. The van der Waals surface area contributed by atoms with E-state index in [0.717, 1.165) is 5.56 Å². The number of carboxylic acids is 1. The molecule has 0 spiro atoms. The smallest absolute Gasteiger partial charge is 0.307 e. The number of benzene rings is 1. The maximum Gasteiger partial charge on any atom is 0.307 e. The Morgan fingerprint density at radius 2 is 2.29 bits per heavy atom. The quantitative estimate of drug-likeness (QED) is 0.784. The molecule has 1 aromatic rings. The zero-order valence-electron chi connectivity index (χ0n) is 7.83. The van der Waals surface area contributed by atoms with Crippen LogP contribution in [0.25, 0.3) is 0 Å². The molecule has 74 valence electrons. The summed E-state index contributed by atoms with van der Waals surface area (Å²) in [6.07, 6.45) is 0.637. The molecule has 1 saturated carbocycles. The summed E-state index contributed by atoms with van der Waals surface area (Å²) in [6.45, 7) is 1.70. The molecule has 1 aliphatic carbocycles. The Morgan fingerprint density at radius 3 is 2.79 bits per heavy atom. The summed E-state index contributed by atoms with van der Waals surface area (Å²) in [4.78, 5) is 10.6. The van der Waals surface area contributed by atoms with Gasteiger partial charge in [0.2, 0.25) is 0 Å². The summed E-state index contributed by atoms with van der Waals surface area (Å²) in [5.41, 5.74) is 1.40. The van der Waals surface area contributed by atoms with Crippen LogP contribution in [0.1, 0.15) is 23.5 Å². The molecule has 3 heteroatoms. The van der Waals surface area contributed by atoms with Crippen LogP contribution in [0.15, 0.2) is 18.2 Å². The maximum absolute atomic E-state index is 13.1. The van der Waals surface area contributed by atoms with Gasteiger partial charge in [-0.15, -0.1) is 0 Å². The van der Waals surface area contributed by atoms with Gasteiger partial charge < -0.3 is 5.11 Å². The van der Waals surface area contributed by atoms with E-state index in [0.29, 0.717) is 12.0 Å². The number of carbonyl (C=O) groups is 1. The molecule has 0 amide bonds. The van der Waals surface area contributed by atoms with E-state index in [1.807, 2.05) is 6.07 Å². The zero-order valence-corrected chi connectivity index (χ0v) is 7.83. The lowest BCUT2D eigenvalue weighted by molar-refractivity contribution is -0.138. The molecule has 1 N–H and O–H groups in total. The molecule has 0 heterocycles. The van der Waals surface area contributed by atoms with Gasteiger partial charge >= 0.3 is 5.97 Å². The van der Waals surface area contributed by atoms with Crippen molar-refractivity contribution in [2.45, 2.75) is 19.3 Å². The van der Waals surface area contributed by atoms with Crippen molar-refractivity contribution in [1.29, 1.82) is 0 Å². The summed E-state index contributed by atoms with van der Waals surface area (Å²) < 4.78 is 13.1. The van der Waals surface area contributed by atoms with Gasteiger partial charge in [-0.3, -0.25) is 4.79 Å². The Bertz CT molecular complexity index is 387. The van der Waals surface area contributed by atoms with Crippen LogP contribution in [-0.4, -0.2) is 11.1 Å². The van der Waals surface area contributed by atoms with Gasteiger partial charge in [0.25, 0.3) is 0 Å². The normalized spacial score (nSPS) is 24.7. The molecule has 2 rings (SSSR count). The first-order valence-electron chi connectivity index (χ1n) is 4.58. The van der Waals surface area contributed by atoms with E-state index in [1.165, 1.54) is 6.07 Å². The summed E-state index contributed by atoms with van der Waals surface area (Å²) >= 11 is 0. The fraction of sp³-hybridized carbons (Fsp3) is 0.364. The third-order valence-corrected chi connectivity index (χ3v) is 2.73. The highest BCUT2D eigenvalue weighted by Crippen LogP contribution is 2.47. The van der Waals surface area contributed by atoms with Gasteiger partial charge in [0.1, 0.15) is 5.82 Å². The number of hydrogen-bond acceptors (Lipinski definition) is 1. The molecule has 0 aliphatic heterocycles. The SMILES string of the molecule is Cc1ccc([C@H]2C[C@@H]2C(=O)O)cc1F. The predicted molar refractivity (Wildman–Crippen MR) is 49.6 cm³/mol.